The first kappa shape index (κ1) is 21.6. The van der Waals surface area contributed by atoms with Crippen LogP contribution in [0.5, 0.6) is 5.75 Å². The molecule has 1 unspecified atom stereocenters. The monoisotopic (exact) mass is 425 g/mol. The van der Waals surface area contributed by atoms with E-state index >= 15 is 0 Å². The Morgan fingerprint density at radius 3 is 2.47 bits per heavy atom. The summed E-state index contributed by atoms with van der Waals surface area (Å²) in [5.74, 6) is 0.248. The highest BCUT2D eigenvalue weighted by molar-refractivity contribution is 5.94. The van der Waals surface area contributed by atoms with Crippen LogP contribution in [0.3, 0.4) is 0 Å². The minimum atomic E-state index is -0.0672. The molecule has 1 heterocycles. The van der Waals surface area contributed by atoms with E-state index in [4.69, 9.17) is 5.26 Å². The number of phenols is 1. The van der Waals surface area contributed by atoms with Crippen LogP contribution < -0.4 is 10.6 Å². The van der Waals surface area contributed by atoms with Crippen molar-refractivity contribution in [2.75, 3.05) is 13.1 Å². The second-order valence-electron chi connectivity index (χ2n) is 8.16. The minimum absolute atomic E-state index is 0.0672. The molecule has 1 aliphatic rings. The van der Waals surface area contributed by atoms with Gasteiger partial charge in [-0.1, -0.05) is 30.3 Å². The van der Waals surface area contributed by atoms with Gasteiger partial charge in [-0.2, -0.15) is 5.26 Å². The number of nitriles is 1. The Bertz CT molecular complexity index is 1120. The summed E-state index contributed by atoms with van der Waals surface area (Å²) in [4.78, 5) is 12.5. The number of unbranched alkanes of at least 4 members (excludes halogenated alkanes) is 1. The number of phenolic OH excluding ortho intramolecular Hbond substituents is 1. The van der Waals surface area contributed by atoms with Crippen LogP contribution >= 0.6 is 0 Å². The fourth-order valence-corrected chi connectivity index (χ4v) is 4.21. The zero-order valence-corrected chi connectivity index (χ0v) is 18.0. The van der Waals surface area contributed by atoms with Gasteiger partial charge in [-0.05, 0) is 90.9 Å². The van der Waals surface area contributed by atoms with E-state index in [0.29, 0.717) is 23.4 Å². The quantitative estimate of drug-likeness (QED) is 0.478. The molecule has 0 aromatic heterocycles. The van der Waals surface area contributed by atoms with E-state index in [-0.39, 0.29) is 11.9 Å². The van der Waals surface area contributed by atoms with Crippen molar-refractivity contribution in [3.63, 3.8) is 0 Å². The second kappa shape index (κ2) is 10.1. The maximum Gasteiger partial charge on any atom is 0.251 e. The van der Waals surface area contributed by atoms with Crippen LogP contribution in [-0.2, 0) is 6.42 Å². The number of amides is 1. The van der Waals surface area contributed by atoms with E-state index in [1.165, 1.54) is 11.1 Å². The summed E-state index contributed by atoms with van der Waals surface area (Å²) in [5.41, 5.74) is 5.80. The average molecular weight is 426 g/mol. The van der Waals surface area contributed by atoms with Crippen LogP contribution in [-0.4, -0.2) is 24.1 Å². The number of carbonyl (C=O) groups is 1. The van der Waals surface area contributed by atoms with Gasteiger partial charge in [0.15, 0.2) is 0 Å². The van der Waals surface area contributed by atoms with Crippen LogP contribution in [0.25, 0.3) is 11.1 Å². The lowest BCUT2D eigenvalue weighted by Gasteiger charge is -2.27. The highest BCUT2D eigenvalue weighted by atomic mass is 16.3. The summed E-state index contributed by atoms with van der Waals surface area (Å²) in [5, 5.41) is 25.3. The van der Waals surface area contributed by atoms with Crippen molar-refractivity contribution in [3.05, 3.63) is 89.0 Å². The molecular formula is C27H27N3O2. The lowest BCUT2D eigenvalue weighted by Crippen LogP contribution is -2.30. The molecule has 0 spiro atoms. The Labute approximate surface area is 188 Å². The molecule has 0 radical (unpaired) electrons. The molecule has 4 rings (SSSR count). The molecule has 5 heteroatoms. The Kier molecular flexibility index (Phi) is 6.84. The number of nitrogens with one attached hydrogen (secondary N) is 2. The van der Waals surface area contributed by atoms with Gasteiger partial charge in [0.2, 0.25) is 0 Å². The molecule has 0 fully saturated rings. The summed E-state index contributed by atoms with van der Waals surface area (Å²) in [6.07, 6.45) is 3.86. The van der Waals surface area contributed by atoms with E-state index in [1.807, 2.05) is 48.5 Å². The topological polar surface area (TPSA) is 85.2 Å². The maximum atomic E-state index is 12.5. The fourth-order valence-electron chi connectivity index (χ4n) is 4.21. The van der Waals surface area contributed by atoms with Gasteiger partial charge in [-0.15, -0.1) is 0 Å². The first-order valence-corrected chi connectivity index (χ1v) is 11.1. The first-order valence-electron chi connectivity index (χ1n) is 11.1. The van der Waals surface area contributed by atoms with Gasteiger partial charge in [-0.3, -0.25) is 4.79 Å². The van der Waals surface area contributed by atoms with Crippen LogP contribution in [0, 0.1) is 11.3 Å². The van der Waals surface area contributed by atoms with E-state index in [2.05, 4.69) is 16.7 Å². The summed E-state index contributed by atoms with van der Waals surface area (Å²) in [7, 11) is 0. The highest BCUT2D eigenvalue weighted by Gasteiger charge is 2.19. The van der Waals surface area contributed by atoms with Crippen LogP contribution in [0.4, 0.5) is 0 Å². The van der Waals surface area contributed by atoms with Crippen molar-refractivity contribution in [1.82, 2.24) is 10.6 Å². The van der Waals surface area contributed by atoms with Crippen molar-refractivity contribution < 1.29 is 9.90 Å². The third kappa shape index (κ3) is 5.16. The summed E-state index contributed by atoms with van der Waals surface area (Å²) < 4.78 is 0. The molecule has 0 saturated carbocycles. The van der Waals surface area contributed by atoms with Gasteiger partial charge in [0.25, 0.3) is 5.91 Å². The number of aromatic hydroxyl groups is 1. The molecule has 5 nitrogen and oxygen atoms in total. The van der Waals surface area contributed by atoms with Gasteiger partial charge in [0, 0.05) is 18.2 Å². The van der Waals surface area contributed by atoms with E-state index in [0.717, 1.165) is 43.4 Å². The second-order valence-corrected chi connectivity index (χ2v) is 8.16. The molecule has 1 aliphatic heterocycles. The molecular weight excluding hydrogens is 398 g/mol. The number of rotatable bonds is 7. The third-order valence-electron chi connectivity index (χ3n) is 5.99. The molecule has 3 aromatic rings. The van der Waals surface area contributed by atoms with E-state index in [1.54, 1.807) is 18.2 Å². The summed E-state index contributed by atoms with van der Waals surface area (Å²) in [6.45, 7) is 1.59. The summed E-state index contributed by atoms with van der Waals surface area (Å²) in [6, 6.07) is 23.0. The number of nitrogens with zero attached hydrogens (tertiary/aromatic N) is 1. The third-order valence-corrected chi connectivity index (χ3v) is 5.99. The highest BCUT2D eigenvalue weighted by Crippen LogP contribution is 2.29. The predicted molar refractivity (Wildman–Crippen MR) is 125 cm³/mol. The smallest absolute Gasteiger partial charge is 0.251 e. The van der Waals surface area contributed by atoms with Gasteiger partial charge in [0.1, 0.15) is 5.75 Å². The molecule has 32 heavy (non-hydrogen) atoms. The Morgan fingerprint density at radius 2 is 1.75 bits per heavy atom. The van der Waals surface area contributed by atoms with Crippen molar-refractivity contribution in [3.8, 4) is 22.9 Å². The van der Waals surface area contributed by atoms with Crippen molar-refractivity contribution >= 4 is 5.91 Å². The zero-order chi connectivity index (χ0) is 22.3. The van der Waals surface area contributed by atoms with Crippen molar-refractivity contribution in [1.29, 1.82) is 5.26 Å². The molecule has 0 aliphatic carbocycles. The van der Waals surface area contributed by atoms with Gasteiger partial charge >= 0.3 is 0 Å². The lowest BCUT2D eigenvalue weighted by molar-refractivity contribution is 0.0953. The number of hydrogen-bond acceptors (Lipinski definition) is 4. The molecule has 3 aromatic carbocycles. The Morgan fingerprint density at radius 1 is 1.03 bits per heavy atom. The average Bonchev–Trinajstić information content (AvgIpc) is 2.84. The first-order chi connectivity index (χ1) is 15.6. The fraction of sp³-hybridized carbons (Fsp3) is 0.259. The Balaban J connectivity index is 1.23. The van der Waals surface area contributed by atoms with Crippen LogP contribution in [0.2, 0.25) is 0 Å². The van der Waals surface area contributed by atoms with E-state index < -0.39 is 0 Å². The van der Waals surface area contributed by atoms with Crippen LogP contribution in [0.1, 0.15) is 52.4 Å². The van der Waals surface area contributed by atoms with Crippen LogP contribution in [0.15, 0.2) is 66.7 Å². The Hall–Kier alpha value is -3.62. The van der Waals surface area contributed by atoms with Crippen molar-refractivity contribution in [2.45, 2.75) is 31.7 Å². The molecule has 1 amide bonds. The molecule has 1 atom stereocenters. The molecule has 162 valence electrons. The molecule has 0 saturated heterocycles. The largest absolute Gasteiger partial charge is 0.508 e. The molecule has 3 N–H and O–H groups in total. The summed E-state index contributed by atoms with van der Waals surface area (Å²) >= 11 is 0. The number of fused-ring (bicyclic) bond motifs is 1. The predicted octanol–water partition coefficient (Wildman–Crippen LogP) is 4.72. The minimum Gasteiger partial charge on any atom is -0.508 e. The van der Waals surface area contributed by atoms with Gasteiger partial charge in [-0.25, -0.2) is 0 Å². The molecule has 0 bridgehead atoms. The van der Waals surface area contributed by atoms with E-state index in [9.17, 15) is 9.90 Å². The lowest BCUT2D eigenvalue weighted by atomic mass is 9.91. The SMILES string of the molecule is N#Cc1ccc(-c2ccc(C(=O)NCCCCC3NCCc4ccc(O)cc43)cc2)cc1. The number of carbonyl (C=O) groups excluding carboxylic acids is 1. The number of benzene rings is 3. The van der Waals surface area contributed by atoms with Gasteiger partial charge in [0.05, 0.1) is 11.6 Å². The van der Waals surface area contributed by atoms with Gasteiger partial charge < -0.3 is 15.7 Å². The normalized spacial score (nSPS) is 14.9. The number of hydrogen-bond donors (Lipinski definition) is 3. The van der Waals surface area contributed by atoms with Crippen molar-refractivity contribution in [2.24, 2.45) is 0 Å². The maximum absolute atomic E-state index is 12.5. The zero-order valence-electron chi connectivity index (χ0n) is 18.0. The standard InChI is InChI=1S/C27H27N3O2/c28-18-19-4-6-20(7-5-19)21-8-10-23(11-9-21)27(32)30-15-2-1-3-26-25-17-24(31)13-12-22(25)14-16-29-26/h4-13,17,26,29,31H,1-3,14-16H2,(H,30,32).